The Morgan fingerprint density at radius 2 is 1.75 bits per heavy atom. The van der Waals surface area contributed by atoms with Gasteiger partial charge < -0.3 is 19.5 Å². The monoisotopic (exact) mass is 603 g/mol. The third-order valence-electron chi connectivity index (χ3n) is 5.34. The smallest absolute Gasteiger partial charge is 0.265 e. The number of carbonyl (C=O) groups is 1. The molecule has 0 aliphatic carbocycles. The number of hydrogen-bond donors (Lipinski definition) is 2. The van der Waals surface area contributed by atoms with Crippen LogP contribution in [-0.2, 0) is 6.61 Å². The summed E-state index contributed by atoms with van der Waals surface area (Å²) in [7, 11) is 0. The van der Waals surface area contributed by atoms with Crippen LogP contribution in [0.3, 0.4) is 0 Å². The summed E-state index contributed by atoms with van der Waals surface area (Å²) in [6, 6.07) is 11.9. The van der Waals surface area contributed by atoms with Crippen LogP contribution in [0.1, 0.15) is 40.9 Å². The SMILES string of the molecule is CSNc1cc(Cl)cc(NC(=O)c2cc(-c3ncc(OC(C)(C)C)cc3OCc3cc(F)cc(F)c3)c(C)s2)c1. The number of anilines is 2. The number of amides is 1. The molecule has 0 spiro atoms. The molecule has 0 saturated heterocycles. The summed E-state index contributed by atoms with van der Waals surface area (Å²) in [4.78, 5) is 19.0. The topological polar surface area (TPSA) is 72.5 Å². The van der Waals surface area contributed by atoms with Crippen molar-refractivity contribution in [3.05, 3.63) is 86.7 Å². The molecule has 0 fully saturated rings. The number of nitrogens with one attached hydrogen (secondary N) is 2. The number of benzene rings is 2. The van der Waals surface area contributed by atoms with Gasteiger partial charge in [0.25, 0.3) is 5.91 Å². The lowest BCUT2D eigenvalue weighted by Crippen LogP contribution is -2.23. The van der Waals surface area contributed by atoms with E-state index in [-0.39, 0.29) is 12.5 Å². The van der Waals surface area contributed by atoms with Crippen molar-refractivity contribution in [3.8, 4) is 22.8 Å². The molecule has 2 aromatic heterocycles. The highest BCUT2D eigenvalue weighted by atomic mass is 35.5. The molecule has 0 aliphatic heterocycles. The fraction of sp³-hybridized carbons (Fsp3) is 0.241. The summed E-state index contributed by atoms with van der Waals surface area (Å²) < 4.78 is 42.6. The zero-order valence-electron chi connectivity index (χ0n) is 22.5. The minimum Gasteiger partial charge on any atom is -0.486 e. The summed E-state index contributed by atoms with van der Waals surface area (Å²) in [6.45, 7) is 7.50. The lowest BCUT2D eigenvalue weighted by atomic mass is 10.1. The van der Waals surface area contributed by atoms with Gasteiger partial charge in [0.15, 0.2) is 0 Å². The Morgan fingerprint density at radius 1 is 1.05 bits per heavy atom. The quantitative estimate of drug-likeness (QED) is 0.186. The zero-order valence-corrected chi connectivity index (χ0v) is 24.9. The molecule has 2 heterocycles. The number of pyridine rings is 1. The molecule has 4 rings (SSSR count). The van der Waals surface area contributed by atoms with Crippen LogP contribution >= 0.6 is 34.9 Å². The van der Waals surface area contributed by atoms with Gasteiger partial charge in [0, 0.05) is 45.2 Å². The number of thiophene rings is 1. The van der Waals surface area contributed by atoms with E-state index in [1.54, 1.807) is 36.5 Å². The zero-order chi connectivity index (χ0) is 29.0. The van der Waals surface area contributed by atoms with E-state index in [0.29, 0.717) is 43.9 Å². The highest BCUT2D eigenvalue weighted by Crippen LogP contribution is 2.38. The average molecular weight is 604 g/mol. The lowest BCUT2D eigenvalue weighted by molar-refractivity contribution is 0.103. The van der Waals surface area contributed by atoms with E-state index in [1.807, 2.05) is 34.0 Å². The maximum atomic E-state index is 13.7. The Balaban J connectivity index is 1.64. The third kappa shape index (κ3) is 7.87. The molecule has 0 radical (unpaired) electrons. The van der Waals surface area contributed by atoms with Crippen molar-refractivity contribution < 1.29 is 23.0 Å². The van der Waals surface area contributed by atoms with Crippen molar-refractivity contribution in [1.29, 1.82) is 0 Å². The fourth-order valence-electron chi connectivity index (χ4n) is 3.86. The van der Waals surface area contributed by atoms with Gasteiger partial charge in [-0.05, 0) is 69.7 Å². The summed E-state index contributed by atoms with van der Waals surface area (Å²) in [5.41, 5.74) is 2.31. The predicted molar refractivity (Wildman–Crippen MR) is 160 cm³/mol. The molecule has 2 aromatic carbocycles. The van der Waals surface area contributed by atoms with Crippen LogP contribution in [-0.4, -0.2) is 22.7 Å². The molecule has 0 saturated carbocycles. The number of carbonyl (C=O) groups excluding carboxylic acids is 1. The summed E-state index contributed by atoms with van der Waals surface area (Å²) in [5, 5.41) is 3.38. The molecule has 1 amide bonds. The van der Waals surface area contributed by atoms with Gasteiger partial charge in [0.05, 0.1) is 11.1 Å². The van der Waals surface area contributed by atoms with Crippen LogP contribution in [0.5, 0.6) is 11.5 Å². The molecule has 0 bridgehead atoms. The van der Waals surface area contributed by atoms with Crippen LogP contribution in [0.25, 0.3) is 11.3 Å². The average Bonchev–Trinajstić information content (AvgIpc) is 3.22. The minimum absolute atomic E-state index is 0.0972. The first-order valence-electron chi connectivity index (χ1n) is 12.2. The number of aromatic nitrogens is 1. The Hall–Kier alpha value is -3.34. The Kier molecular flexibility index (Phi) is 9.22. The molecule has 40 heavy (non-hydrogen) atoms. The van der Waals surface area contributed by atoms with Gasteiger partial charge in [0.1, 0.15) is 41.0 Å². The van der Waals surface area contributed by atoms with E-state index < -0.39 is 17.2 Å². The largest absolute Gasteiger partial charge is 0.486 e. The third-order valence-corrected chi connectivity index (χ3v) is 7.05. The maximum absolute atomic E-state index is 13.7. The van der Waals surface area contributed by atoms with Gasteiger partial charge >= 0.3 is 0 Å². The van der Waals surface area contributed by atoms with Crippen molar-refractivity contribution in [2.24, 2.45) is 0 Å². The van der Waals surface area contributed by atoms with Crippen LogP contribution < -0.4 is 19.5 Å². The van der Waals surface area contributed by atoms with Gasteiger partial charge in [-0.2, -0.15) is 0 Å². The number of nitrogens with zero attached hydrogens (tertiary/aromatic N) is 1. The minimum atomic E-state index is -0.692. The number of aryl methyl sites for hydroxylation is 1. The van der Waals surface area contributed by atoms with E-state index in [0.717, 1.165) is 16.6 Å². The molecule has 0 unspecified atom stereocenters. The fourth-order valence-corrected chi connectivity index (χ4v) is 5.37. The van der Waals surface area contributed by atoms with E-state index in [2.05, 4.69) is 15.0 Å². The molecular weight excluding hydrogens is 576 g/mol. The van der Waals surface area contributed by atoms with Gasteiger partial charge in [0.2, 0.25) is 0 Å². The van der Waals surface area contributed by atoms with E-state index in [1.165, 1.54) is 35.4 Å². The van der Waals surface area contributed by atoms with Gasteiger partial charge in [-0.1, -0.05) is 23.5 Å². The Morgan fingerprint density at radius 3 is 2.42 bits per heavy atom. The Labute approximate surface area is 245 Å². The first kappa shape index (κ1) is 29.6. The first-order chi connectivity index (χ1) is 18.9. The van der Waals surface area contributed by atoms with Gasteiger partial charge in [-0.3, -0.25) is 4.79 Å². The molecule has 4 aromatic rings. The van der Waals surface area contributed by atoms with Gasteiger partial charge in [-0.15, -0.1) is 11.3 Å². The predicted octanol–water partition coefficient (Wildman–Crippen LogP) is 8.75. The second-order valence-corrected chi connectivity index (χ2v) is 12.2. The standard InChI is InChI=1S/C29H28ClF2N3O3S2/c1-16-24(13-26(40-16)28(36)34-21-8-18(30)9-22(11-21)35-39-5)27-25(12-23(14-33-27)38-29(2,3)4)37-15-17-6-19(31)10-20(32)7-17/h6-14,35H,15H2,1-5H3,(H,34,36). The molecule has 0 atom stereocenters. The molecule has 210 valence electrons. The summed E-state index contributed by atoms with van der Waals surface area (Å²) in [5.74, 6) is -0.869. The van der Waals surface area contributed by atoms with E-state index in [4.69, 9.17) is 21.1 Å². The highest BCUT2D eigenvalue weighted by Gasteiger charge is 2.21. The van der Waals surface area contributed by atoms with Crippen molar-refractivity contribution in [2.45, 2.75) is 39.9 Å². The van der Waals surface area contributed by atoms with Crippen molar-refractivity contribution in [1.82, 2.24) is 4.98 Å². The van der Waals surface area contributed by atoms with Crippen LogP contribution in [0.2, 0.25) is 5.02 Å². The van der Waals surface area contributed by atoms with Crippen molar-refractivity contribution in [2.75, 3.05) is 16.3 Å². The van der Waals surface area contributed by atoms with Gasteiger partial charge in [-0.25, -0.2) is 13.8 Å². The van der Waals surface area contributed by atoms with Crippen LogP contribution in [0.4, 0.5) is 20.2 Å². The second-order valence-electron chi connectivity index (χ2n) is 9.87. The molecular formula is C29H28ClF2N3O3S2. The number of rotatable bonds is 9. The summed E-state index contributed by atoms with van der Waals surface area (Å²) in [6.07, 6.45) is 3.47. The first-order valence-corrected chi connectivity index (χ1v) is 14.6. The molecule has 11 heteroatoms. The number of ether oxygens (including phenoxy) is 2. The highest BCUT2D eigenvalue weighted by molar-refractivity contribution is 7.99. The maximum Gasteiger partial charge on any atom is 0.265 e. The number of halogens is 3. The van der Waals surface area contributed by atoms with E-state index >= 15 is 0 Å². The van der Waals surface area contributed by atoms with Crippen LogP contribution in [0, 0.1) is 18.6 Å². The lowest BCUT2D eigenvalue weighted by Gasteiger charge is -2.22. The second kappa shape index (κ2) is 12.4. The van der Waals surface area contributed by atoms with Crippen LogP contribution in [0.15, 0.2) is 54.7 Å². The van der Waals surface area contributed by atoms with Crippen molar-refractivity contribution >= 4 is 52.2 Å². The summed E-state index contributed by atoms with van der Waals surface area (Å²) >= 11 is 8.93. The van der Waals surface area contributed by atoms with Crippen molar-refractivity contribution in [3.63, 3.8) is 0 Å². The molecule has 6 nitrogen and oxygen atoms in total. The normalized spacial score (nSPS) is 11.3. The van der Waals surface area contributed by atoms with E-state index in [9.17, 15) is 13.6 Å². The Bertz CT molecular complexity index is 1520. The number of hydrogen-bond acceptors (Lipinski definition) is 7. The molecule has 2 N–H and O–H groups in total. The molecule has 0 aliphatic rings.